The number of hydrogen-bond donors (Lipinski definition) is 2. The molecule has 0 aliphatic carbocycles. The van der Waals surface area contributed by atoms with E-state index >= 15 is 0 Å². The number of nitrogens with one attached hydrogen (secondary N) is 2. The third-order valence-electron chi connectivity index (χ3n) is 3.08. The molecule has 1 saturated heterocycles. The fraction of sp³-hybridized carbons (Fsp3) is 0.500. The van der Waals surface area contributed by atoms with E-state index in [0.717, 1.165) is 38.4 Å². The Kier molecular flexibility index (Phi) is 4.94. The van der Waals surface area contributed by atoms with Gasteiger partial charge in [-0.15, -0.1) is 0 Å². The van der Waals surface area contributed by atoms with E-state index in [0.29, 0.717) is 4.47 Å². The van der Waals surface area contributed by atoms with Crippen molar-refractivity contribution in [3.63, 3.8) is 0 Å². The highest BCUT2D eigenvalue weighted by Crippen LogP contribution is 2.20. The first-order chi connectivity index (χ1) is 8.99. The minimum absolute atomic E-state index is 0.136. The molecule has 0 radical (unpaired) electrons. The normalized spacial score (nSPS) is 21.1. The smallest absolute Gasteiger partial charge is 0.243 e. The molecular weight excluding hydrogens is 335 g/mol. The highest BCUT2D eigenvalue weighted by Gasteiger charge is 2.23. The first kappa shape index (κ1) is 14.9. The molecule has 7 heteroatoms. The second-order valence-electron chi connectivity index (χ2n) is 4.57. The van der Waals surface area contributed by atoms with Gasteiger partial charge in [-0.05, 0) is 50.6 Å². The summed E-state index contributed by atoms with van der Waals surface area (Å²) < 4.78 is 41.1. The molecule has 19 heavy (non-hydrogen) atoms. The number of sulfonamides is 1. The van der Waals surface area contributed by atoms with Gasteiger partial charge in [0.1, 0.15) is 10.7 Å². The minimum Gasteiger partial charge on any atom is -0.317 e. The molecule has 1 unspecified atom stereocenters. The summed E-state index contributed by atoms with van der Waals surface area (Å²) in [6.45, 7) is 1.67. The maximum absolute atomic E-state index is 13.7. The summed E-state index contributed by atoms with van der Waals surface area (Å²) >= 11 is 3.11. The van der Waals surface area contributed by atoms with Crippen LogP contribution in [-0.2, 0) is 10.0 Å². The zero-order valence-corrected chi connectivity index (χ0v) is 12.7. The van der Waals surface area contributed by atoms with E-state index in [-0.39, 0.29) is 10.9 Å². The highest BCUT2D eigenvalue weighted by molar-refractivity contribution is 9.10. The zero-order chi connectivity index (χ0) is 13.9. The van der Waals surface area contributed by atoms with E-state index in [9.17, 15) is 12.8 Å². The van der Waals surface area contributed by atoms with Crippen molar-refractivity contribution in [1.82, 2.24) is 10.0 Å². The van der Waals surface area contributed by atoms with Gasteiger partial charge in [-0.3, -0.25) is 0 Å². The maximum atomic E-state index is 13.7. The molecule has 0 aromatic heterocycles. The van der Waals surface area contributed by atoms with E-state index in [2.05, 4.69) is 26.0 Å². The second kappa shape index (κ2) is 6.30. The highest BCUT2D eigenvalue weighted by atomic mass is 79.9. The van der Waals surface area contributed by atoms with Crippen LogP contribution in [0, 0.1) is 5.82 Å². The number of benzene rings is 1. The molecule has 4 nitrogen and oxygen atoms in total. The van der Waals surface area contributed by atoms with Gasteiger partial charge < -0.3 is 5.32 Å². The molecule has 106 valence electrons. The van der Waals surface area contributed by atoms with Crippen LogP contribution < -0.4 is 10.0 Å². The van der Waals surface area contributed by atoms with Crippen LogP contribution in [0.5, 0.6) is 0 Å². The van der Waals surface area contributed by atoms with Gasteiger partial charge in [0.15, 0.2) is 0 Å². The maximum Gasteiger partial charge on any atom is 0.243 e. The summed E-state index contributed by atoms with van der Waals surface area (Å²) in [5, 5.41) is 3.21. The van der Waals surface area contributed by atoms with E-state index < -0.39 is 15.8 Å². The van der Waals surface area contributed by atoms with Crippen molar-refractivity contribution in [3.8, 4) is 0 Å². The van der Waals surface area contributed by atoms with Gasteiger partial charge in [0.05, 0.1) is 0 Å². The first-order valence-electron chi connectivity index (χ1n) is 6.17. The Bertz CT molecular complexity index is 543. The predicted molar refractivity (Wildman–Crippen MR) is 74.9 cm³/mol. The molecule has 1 aliphatic heterocycles. The van der Waals surface area contributed by atoms with Gasteiger partial charge in [0.25, 0.3) is 0 Å². The van der Waals surface area contributed by atoms with Crippen LogP contribution in [-0.4, -0.2) is 27.5 Å². The Labute approximate surface area is 121 Å². The van der Waals surface area contributed by atoms with Crippen LogP contribution in [0.3, 0.4) is 0 Å². The molecule has 2 N–H and O–H groups in total. The quantitative estimate of drug-likeness (QED) is 0.876. The predicted octanol–water partition coefficient (Wildman–Crippen LogP) is 2.01. The lowest BCUT2D eigenvalue weighted by Gasteiger charge is -2.16. The fourth-order valence-corrected chi connectivity index (χ4v) is 3.81. The van der Waals surface area contributed by atoms with Gasteiger partial charge >= 0.3 is 0 Å². The molecule has 1 aromatic rings. The molecule has 1 aliphatic rings. The van der Waals surface area contributed by atoms with Crippen molar-refractivity contribution in [2.24, 2.45) is 0 Å². The van der Waals surface area contributed by atoms with Gasteiger partial charge in [0.2, 0.25) is 10.0 Å². The molecule has 0 bridgehead atoms. The lowest BCUT2D eigenvalue weighted by Crippen LogP contribution is -2.35. The molecule has 1 aromatic carbocycles. The number of halogens is 2. The van der Waals surface area contributed by atoms with E-state index in [1.54, 1.807) is 0 Å². The molecule has 1 atom stereocenters. The van der Waals surface area contributed by atoms with Crippen LogP contribution in [0.1, 0.15) is 19.3 Å². The largest absolute Gasteiger partial charge is 0.317 e. The van der Waals surface area contributed by atoms with E-state index in [1.807, 2.05) is 0 Å². The van der Waals surface area contributed by atoms with E-state index in [4.69, 9.17) is 0 Å². The number of hydrogen-bond acceptors (Lipinski definition) is 3. The summed E-state index contributed by atoms with van der Waals surface area (Å²) in [5.74, 6) is -0.742. The SMILES string of the molecule is O=S(=O)(NC1CCCNCC1)c1ccc(Br)cc1F. The zero-order valence-electron chi connectivity index (χ0n) is 10.3. The van der Waals surface area contributed by atoms with Crippen LogP contribution in [0.4, 0.5) is 4.39 Å². The van der Waals surface area contributed by atoms with Crippen molar-refractivity contribution in [1.29, 1.82) is 0 Å². The summed E-state index contributed by atoms with van der Waals surface area (Å²) in [6, 6.07) is 3.81. The summed E-state index contributed by atoms with van der Waals surface area (Å²) in [4.78, 5) is -0.298. The average Bonchev–Trinajstić information content (AvgIpc) is 2.56. The van der Waals surface area contributed by atoms with Crippen molar-refractivity contribution in [2.45, 2.75) is 30.2 Å². The Balaban J connectivity index is 2.17. The van der Waals surface area contributed by atoms with Gasteiger partial charge in [-0.2, -0.15) is 0 Å². The Hall–Kier alpha value is -0.500. The summed E-state index contributed by atoms with van der Waals surface area (Å²) in [5.41, 5.74) is 0. The van der Waals surface area contributed by atoms with Crippen LogP contribution in [0.25, 0.3) is 0 Å². The summed E-state index contributed by atoms with van der Waals surface area (Å²) in [7, 11) is -3.80. The Morgan fingerprint density at radius 2 is 2.11 bits per heavy atom. The van der Waals surface area contributed by atoms with E-state index in [1.165, 1.54) is 12.1 Å². The van der Waals surface area contributed by atoms with Crippen molar-refractivity contribution in [2.75, 3.05) is 13.1 Å². The Morgan fingerprint density at radius 3 is 2.84 bits per heavy atom. The van der Waals surface area contributed by atoms with Gasteiger partial charge in [-0.1, -0.05) is 15.9 Å². The second-order valence-corrected chi connectivity index (χ2v) is 7.17. The third kappa shape index (κ3) is 3.98. The topological polar surface area (TPSA) is 58.2 Å². The first-order valence-corrected chi connectivity index (χ1v) is 8.45. The Morgan fingerprint density at radius 1 is 1.32 bits per heavy atom. The standard InChI is InChI=1S/C12H16BrFN2O2S/c13-9-3-4-12(11(14)8-9)19(17,18)16-10-2-1-6-15-7-5-10/h3-4,8,10,15-16H,1-2,5-7H2. The molecule has 1 heterocycles. The lowest BCUT2D eigenvalue weighted by atomic mass is 10.1. The molecule has 0 amide bonds. The average molecular weight is 351 g/mol. The lowest BCUT2D eigenvalue weighted by molar-refractivity contribution is 0.510. The number of rotatable bonds is 3. The van der Waals surface area contributed by atoms with Crippen molar-refractivity contribution >= 4 is 26.0 Å². The van der Waals surface area contributed by atoms with Crippen LogP contribution in [0.2, 0.25) is 0 Å². The van der Waals surface area contributed by atoms with Crippen molar-refractivity contribution < 1.29 is 12.8 Å². The fourth-order valence-electron chi connectivity index (χ4n) is 2.11. The third-order valence-corrected chi connectivity index (χ3v) is 5.13. The molecular formula is C12H16BrFN2O2S. The minimum atomic E-state index is -3.80. The molecule has 2 rings (SSSR count). The summed E-state index contributed by atoms with van der Waals surface area (Å²) in [6.07, 6.45) is 2.40. The monoisotopic (exact) mass is 350 g/mol. The van der Waals surface area contributed by atoms with Crippen LogP contribution in [0.15, 0.2) is 27.6 Å². The molecule has 1 fully saturated rings. The molecule has 0 saturated carbocycles. The van der Waals surface area contributed by atoms with Crippen molar-refractivity contribution in [3.05, 3.63) is 28.5 Å². The van der Waals surface area contributed by atoms with Gasteiger partial charge in [0, 0.05) is 10.5 Å². The van der Waals surface area contributed by atoms with Gasteiger partial charge in [-0.25, -0.2) is 17.5 Å². The van der Waals surface area contributed by atoms with Crippen LogP contribution >= 0.6 is 15.9 Å². The molecule has 0 spiro atoms.